The Morgan fingerprint density at radius 1 is 1.55 bits per heavy atom. The molecule has 0 aromatic carbocycles. The minimum Gasteiger partial charge on any atom is -0.377 e. The first-order chi connectivity index (χ1) is 9.69. The summed E-state index contributed by atoms with van der Waals surface area (Å²) in [5.74, 6) is 0.677. The van der Waals surface area contributed by atoms with E-state index in [0.717, 1.165) is 11.4 Å². The van der Waals surface area contributed by atoms with Crippen molar-refractivity contribution in [2.24, 2.45) is 0 Å². The van der Waals surface area contributed by atoms with Gasteiger partial charge in [-0.1, -0.05) is 18.5 Å². The van der Waals surface area contributed by atoms with Crippen LogP contribution >= 0.6 is 11.6 Å². The summed E-state index contributed by atoms with van der Waals surface area (Å²) < 4.78 is 5.43. The number of morpholine rings is 1. The lowest BCUT2D eigenvalue weighted by Crippen LogP contribution is -2.54. The van der Waals surface area contributed by atoms with Gasteiger partial charge in [0, 0.05) is 18.7 Å². The average Bonchev–Trinajstić information content (AvgIpc) is 2.47. The van der Waals surface area contributed by atoms with Crippen molar-refractivity contribution in [2.45, 2.75) is 26.3 Å². The molecule has 1 aliphatic rings. The summed E-state index contributed by atoms with van der Waals surface area (Å²) >= 11 is 6.13. The second-order valence-electron chi connectivity index (χ2n) is 4.50. The minimum atomic E-state index is -0.375. The Hall–Kier alpha value is -1.40. The van der Waals surface area contributed by atoms with Gasteiger partial charge in [-0.05, 0) is 13.3 Å². The molecule has 6 nitrogen and oxygen atoms in total. The number of carbonyl (C=O) groups is 1. The lowest BCUT2D eigenvalue weighted by atomic mass is 10.1. The van der Waals surface area contributed by atoms with Gasteiger partial charge in [0.1, 0.15) is 23.3 Å². The largest absolute Gasteiger partial charge is 0.377 e. The third-order valence-electron chi connectivity index (χ3n) is 3.28. The molecule has 1 N–H and O–H groups in total. The number of rotatable bonds is 4. The standard InChI is InChI=1S/C13H19ClN4O2/c1-3-9-11(14)16-8-17-12(9)18-5-6-20-7-10(18)13(19)15-4-2/h8,10H,3-7H2,1-2H3,(H,15,19). The molecule has 110 valence electrons. The molecule has 1 unspecified atom stereocenters. The van der Waals surface area contributed by atoms with E-state index < -0.39 is 0 Å². The third kappa shape index (κ3) is 3.02. The van der Waals surface area contributed by atoms with E-state index in [1.807, 2.05) is 18.7 Å². The molecular weight excluding hydrogens is 280 g/mol. The summed E-state index contributed by atoms with van der Waals surface area (Å²) in [5, 5.41) is 3.27. The van der Waals surface area contributed by atoms with Crippen LogP contribution in [0, 0.1) is 0 Å². The van der Waals surface area contributed by atoms with Crippen LogP contribution < -0.4 is 10.2 Å². The predicted molar refractivity (Wildman–Crippen MR) is 77.1 cm³/mol. The van der Waals surface area contributed by atoms with E-state index in [1.54, 1.807) is 0 Å². The highest BCUT2D eigenvalue weighted by molar-refractivity contribution is 6.30. The average molecular weight is 299 g/mol. The van der Waals surface area contributed by atoms with E-state index in [2.05, 4.69) is 15.3 Å². The first-order valence-corrected chi connectivity index (χ1v) is 7.18. The van der Waals surface area contributed by atoms with Gasteiger partial charge < -0.3 is 15.0 Å². The number of nitrogens with zero attached hydrogens (tertiary/aromatic N) is 3. The van der Waals surface area contributed by atoms with Crippen LogP contribution in [0.2, 0.25) is 5.15 Å². The summed E-state index contributed by atoms with van der Waals surface area (Å²) in [6, 6.07) is -0.375. The number of carbonyl (C=O) groups excluding carboxylic acids is 1. The maximum absolute atomic E-state index is 12.2. The van der Waals surface area contributed by atoms with Crippen LogP contribution in [0.5, 0.6) is 0 Å². The van der Waals surface area contributed by atoms with Gasteiger partial charge in [0.15, 0.2) is 0 Å². The number of halogens is 1. The Morgan fingerprint density at radius 3 is 3.05 bits per heavy atom. The van der Waals surface area contributed by atoms with Gasteiger partial charge in [0.25, 0.3) is 0 Å². The van der Waals surface area contributed by atoms with Crippen molar-refractivity contribution in [3.63, 3.8) is 0 Å². The lowest BCUT2D eigenvalue weighted by Gasteiger charge is -2.36. The van der Waals surface area contributed by atoms with Gasteiger partial charge >= 0.3 is 0 Å². The van der Waals surface area contributed by atoms with E-state index in [1.165, 1.54) is 6.33 Å². The van der Waals surface area contributed by atoms with Gasteiger partial charge in [-0.3, -0.25) is 4.79 Å². The molecule has 1 aromatic rings. The second-order valence-corrected chi connectivity index (χ2v) is 4.86. The zero-order valence-electron chi connectivity index (χ0n) is 11.7. The fourth-order valence-electron chi connectivity index (χ4n) is 2.30. The number of amides is 1. The van der Waals surface area contributed by atoms with Crippen LogP contribution in [0.25, 0.3) is 0 Å². The van der Waals surface area contributed by atoms with E-state index in [-0.39, 0.29) is 11.9 Å². The summed E-state index contributed by atoms with van der Waals surface area (Å²) in [7, 11) is 0. The zero-order valence-corrected chi connectivity index (χ0v) is 12.5. The Kier molecular flexibility index (Phi) is 5.14. The van der Waals surface area contributed by atoms with Crippen LogP contribution in [0.1, 0.15) is 19.4 Å². The van der Waals surface area contributed by atoms with Gasteiger partial charge in [0.2, 0.25) is 5.91 Å². The molecule has 0 aliphatic carbocycles. The van der Waals surface area contributed by atoms with Crippen LogP contribution in [-0.2, 0) is 16.0 Å². The molecule has 2 heterocycles. The molecule has 7 heteroatoms. The molecule has 0 bridgehead atoms. The highest BCUT2D eigenvalue weighted by Gasteiger charge is 2.31. The third-order valence-corrected chi connectivity index (χ3v) is 3.60. The van der Waals surface area contributed by atoms with Crippen LogP contribution in [0.4, 0.5) is 5.82 Å². The minimum absolute atomic E-state index is 0.0519. The number of anilines is 1. The molecule has 0 radical (unpaired) electrons. The van der Waals surface area contributed by atoms with Crippen molar-refractivity contribution in [2.75, 3.05) is 31.2 Å². The first-order valence-electron chi connectivity index (χ1n) is 6.80. The van der Waals surface area contributed by atoms with E-state index in [9.17, 15) is 4.79 Å². The van der Waals surface area contributed by atoms with Crippen molar-refractivity contribution < 1.29 is 9.53 Å². The summed E-state index contributed by atoms with van der Waals surface area (Å²) in [6.45, 7) is 6.02. The molecule has 20 heavy (non-hydrogen) atoms. The van der Waals surface area contributed by atoms with Crippen molar-refractivity contribution in [1.29, 1.82) is 0 Å². The quantitative estimate of drug-likeness (QED) is 0.841. The molecule has 1 amide bonds. The molecule has 1 atom stereocenters. The highest BCUT2D eigenvalue weighted by atomic mass is 35.5. The van der Waals surface area contributed by atoms with Crippen LogP contribution in [-0.4, -0.2) is 48.2 Å². The SMILES string of the molecule is CCNC(=O)C1COCCN1c1ncnc(Cl)c1CC. The fourth-order valence-corrected chi connectivity index (χ4v) is 2.56. The maximum Gasteiger partial charge on any atom is 0.245 e. The molecule has 1 saturated heterocycles. The summed E-state index contributed by atoms with van der Waals surface area (Å²) in [5.41, 5.74) is 0.866. The molecular formula is C13H19ClN4O2. The Labute approximate surface area is 123 Å². The predicted octanol–water partition coefficient (Wildman–Crippen LogP) is 1.03. The summed E-state index contributed by atoms with van der Waals surface area (Å²) in [6.07, 6.45) is 2.15. The van der Waals surface area contributed by atoms with Crippen molar-refractivity contribution >= 4 is 23.3 Å². The van der Waals surface area contributed by atoms with E-state index in [0.29, 0.717) is 37.9 Å². The Bertz CT molecular complexity index is 483. The first kappa shape index (κ1) is 15.0. The monoisotopic (exact) mass is 298 g/mol. The molecule has 0 saturated carbocycles. The van der Waals surface area contributed by atoms with Gasteiger partial charge in [0.05, 0.1) is 13.2 Å². The number of hydrogen-bond acceptors (Lipinski definition) is 5. The smallest absolute Gasteiger partial charge is 0.245 e. The normalized spacial score (nSPS) is 18.9. The molecule has 1 fully saturated rings. The lowest BCUT2D eigenvalue weighted by molar-refractivity contribution is -0.124. The molecule has 2 rings (SSSR count). The van der Waals surface area contributed by atoms with E-state index >= 15 is 0 Å². The molecule has 1 aromatic heterocycles. The Balaban J connectivity index is 2.32. The van der Waals surface area contributed by atoms with Crippen molar-refractivity contribution in [3.05, 3.63) is 17.0 Å². The molecule has 0 spiro atoms. The van der Waals surface area contributed by atoms with Gasteiger partial charge in [-0.25, -0.2) is 9.97 Å². The molecule has 1 aliphatic heterocycles. The van der Waals surface area contributed by atoms with Crippen molar-refractivity contribution in [3.8, 4) is 0 Å². The second kappa shape index (κ2) is 6.85. The fraction of sp³-hybridized carbons (Fsp3) is 0.615. The topological polar surface area (TPSA) is 67.3 Å². The number of nitrogens with one attached hydrogen (secondary N) is 1. The van der Waals surface area contributed by atoms with E-state index in [4.69, 9.17) is 16.3 Å². The maximum atomic E-state index is 12.2. The van der Waals surface area contributed by atoms with Crippen molar-refractivity contribution in [1.82, 2.24) is 15.3 Å². The van der Waals surface area contributed by atoms with Gasteiger partial charge in [-0.2, -0.15) is 0 Å². The number of aromatic nitrogens is 2. The number of ether oxygens (including phenoxy) is 1. The van der Waals surface area contributed by atoms with Crippen LogP contribution in [0.15, 0.2) is 6.33 Å². The zero-order chi connectivity index (χ0) is 14.5. The summed E-state index contributed by atoms with van der Waals surface area (Å²) in [4.78, 5) is 22.4. The highest BCUT2D eigenvalue weighted by Crippen LogP contribution is 2.26. The van der Waals surface area contributed by atoms with Crippen LogP contribution in [0.3, 0.4) is 0 Å². The number of likely N-dealkylation sites (N-methyl/N-ethyl adjacent to an activating group) is 1. The number of hydrogen-bond donors (Lipinski definition) is 1. The Morgan fingerprint density at radius 2 is 2.35 bits per heavy atom. The van der Waals surface area contributed by atoms with Gasteiger partial charge in [-0.15, -0.1) is 0 Å².